The van der Waals surface area contributed by atoms with Gasteiger partial charge in [0.1, 0.15) is 0 Å². The van der Waals surface area contributed by atoms with Crippen molar-refractivity contribution in [3.8, 4) is 0 Å². The Morgan fingerprint density at radius 2 is 1.90 bits per heavy atom. The van der Waals surface area contributed by atoms with Gasteiger partial charge < -0.3 is 10.1 Å². The van der Waals surface area contributed by atoms with Gasteiger partial charge in [-0.25, -0.2) is 0 Å². The van der Waals surface area contributed by atoms with E-state index in [0.717, 1.165) is 12.6 Å². The van der Waals surface area contributed by atoms with E-state index in [1.807, 2.05) is 0 Å². The number of nitrogens with one attached hydrogen (secondary N) is 1. The first-order valence-electron chi connectivity index (χ1n) is 9.19. The molecule has 2 unspecified atom stereocenters. The lowest BCUT2D eigenvalue weighted by atomic mass is 9.83. The van der Waals surface area contributed by atoms with Gasteiger partial charge in [0.25, 0.3) is 0 Å². The van der Waals surface area contributed by atoms with Gasteiger partial charge in [-0.1, -0.05) is 39.5 Å². The topological polar surface area (TPSA) is 21.3 Å². The van der Waals surface area contributed by atoms with E-state index in [2.05, 4.69) is 19.2 Å². The van der Waals surface area contributed by atoms with E-state index in [0.29, 0.717) is 11.7 Å². The van der Waals surface area contributed by atoms with Crippen molar-refractivity contribution in [3.05, 3.63) is 0 Å². The van der Waals surface area contributed by atoms with Crippen molar-refractivity contribution < 1.29 is 4.74 Å². The Labute approximate surface area is 126 Å². The van der Waals surface area contributed by atoms with Crippen LogP contribution in [-0.2, 0) is 4.74 Å². The summed E-state index contributed by atoms with van der Waals surface area (Å²) >= 11 is 0. The molecule has 2 aliphatic rings. The lowest BCUT2D eigenvalue weighted by Crippen LogP contribution is -2.32. The van der Waals surface area contributed by atoms with Gasteiger partial charge in [-0.15, -0.1) is 0 Å². The fraction of sp³-hybridized carbons (Fsp3) is 1.00. The standard InChI is InChI=1S/C18H35NO/c1-3-9-16(19-4-2)10-8-11-17-12-15-18(20-17)13-6-5-7-14-18/h16-17,19H,3-15H2,1-2H3. The first-order valence-corrected chi connectivity index (χ1v) is 9.19. The molecule has 0 radical (unpaired) electrons. The Bertz CT molecular complexity index is 254. The Morgan fingerprint density at radius 3 is 2.60 bits per heavy atom. The first kappa shape index (κ1) is 16.3. The lowest BCUT2D eigenvalue weighted by Gasteiger charge is -2.33. The molecule has 0 aromatic heterocycles. The zero-order valence-electron chi connectivity index (χ0n) is 13.8. The van der Waals surface area contributed by atoms with Crippen LogP contribution in [0, 0.1) is 0 Å². The summed E-state index contributed by atoms with van der Waals surface area (Å²) in [7, 11) is 0. The van der Waals surface area contributed by atoms with Crippen molar-refractivity contribution in [1.82, 2.24) is 5.32 Å². The summed E-state index contributed by atoms with van der Waals surface area (Å²) in [5.74, 6) is 0. The zero-order valence-corrected chi connectivity index (χ0v) is 13.8. The van der Waals surface area contributed by atoms with Crippen LogP contribution in [0.4, 0.5) is 0 Å². The Balaban J connectivity index is 1.64. The van der Waals surface area contributed by atoms with Crippen molar-refractivity contribution in [2.24, 2.45) is 0 Å². The predicted octanol–water partition coefficient (Wildman–Crippen LogP) is 4.82. The minimum atomic E-state index is 0.313. The molecule has 1 heterocycles. The highest BCUT2D eigenvalue weighted by Crippen LogP contribution is 2.42. The number of hydrogen-bond acceptors (Lipinski definition) is 2. The van der Waals surface area contributed by atoms with Crippen LogP contribution in [0.5, 0.6) is 0 Å². The minimum absolute atomic E-state index is 0.313. The molecule has 0 aromatic carbocycles. The molecule has 1 aliphatic carbocycles. The van der Waals surface area contributed by atoms with Gasteiger partial charge >= 0.3 is 0 Å². The molecule has 1 spiro atoms. The average Bonchev–Trinajstić information content (AvgIpc) is 2.83. The van der Waals surface area contributed by atoms with E-state index >= 15 is 0 Å². The van der Waals surface area contributed by atoms with E-state index in [9.17, 15) is 0 Å². The molecule has 2 atom stereocenters. The zero-order chi connectivity index (χ0) is 14.3. The van der Waals surface area contributed by atoms with E-state index in [-0.39, 0.29) is 0 Å². The SMILES string of the molecule is CCCC(CCCC1CCC2(CCCCC2)O1)NCC. The van der Waals surface area contributed by atoms with E-state index < -0.39 is 0 Å². The van der Waals surface area contributed by atoms with Crippen LogP contribution in [0.1, 0.15) is 90.9 Å². The Morgan fingerprint density at radius 1 is 1.10 bits per heavy atom. The van der Waals surface area contributed by atoms with Crippen LogP contribution in [-0.4, -0.2) is 24.3 Å². The average molecular weight is 281 g/mol. The summed E-state index contributed by atoms with van der Waals surface area (Å²) in [6.45, 7) is 5.61. The fourth-order valence-corrected chi connectivity index (χ4v) is 4.24. The van der Waals surface area contributed by atoms with Gasteiger partial charge in [0.15, 0.2) is 0 Å². The third-order valence-electron chi connectivity index (χ3n) is 5.31. The molecule has 2 rings (SSSR count). The summed E-state index contributed by atoms with van der Waals surface area (Å²) in [6.07, 6.45) is 16.7. The van der Waals surface area contributed by atoms with Crippen molar-refractivity contribution in [3.63, 3.8) is 0 Å². The molecular weight excluding hydrogens is 246 g/mol. The second-order valence-corrected chi connectivity index (χ2v) is 7.00. The van der Waals surface area contributed by atoms with Crippen molar-refractivity contribution >= 4 is 0 Å². The summed E-state index contributed by atoms with van der Waals surface area (Å²) in [5, 5.41) is 3.62. The third-order valence-corrected chi connectivity index (χ3v) is 5.31. The monoisotopic (exact) mass is 281 g/mol. The second-order valence-electron chi connectivity index (χ2n) is 7.00. The van der Waals surface area contributed by atoms with Crippen LogP contribution in [0.3, 0.4) is 0 Å². The highest BCUT2D eigenvalue weighted by molar-refractivity contribution is 4.91. The molecule has 0 aromatic rings. The minimum Gasteiger partial charge on any atom is -0.372 e. The highest BCUT2D eigenvalue weighted by atomic mass is 16.5. The smallest absolute Gasteiger partial charge is 0.0687 e. The van der Waals surface area contributed by atoms with E-state index in [4.69, 9.17) is 4.74 Å². The Hall–Kier alpha value is -0.0800. The van der Waals surface area contributed by atoms with E-state index in [1.165, 1.54) is 77.0 Å². The molecular formula is C18H35NO. The maximum atomic E-state index is 6.47. The number of ether oxygens (including phenoxy) is 1. The molecule has 1 aliphatic heterocycles. The largest absolute Gasteiger partial charge is 0.372 e. The molecule has 0 bridgehead atoms. The van der Waals surface area contributed by atoms with Crippen molar-refractivity contribution in [2.45, 2.75) is 109 Å². The maximum absolute atomic E-state index is 6.47. The molecule has 2 fully saturated rings. The third kappa shape index (κ3) is 4.73. The van der Waals surface area contributed by atoms with Crippen LogP contribution in [0.25, 0.3) is 0 Å². The summed E-state index contributed by atoms with van der Waals surface area (Å²) in [5.41, 5.74) is 0.313. The quantitative estimate of drug-likeness (QED) is 0.689. The molecule has 2 nitrogen and oxygen atoms in total. The van der Waals surface area contributed by atoms with E-state index in [1.54, 1.807) is 0 Å². The van der Waals surface area contributed by atoms with Gasteiger partial charge in [-0.3, -0.25) is 0 Å². The van der Waals surface area contributed by atoms with Crippen molar-refractivity contribution in [1.29, 1.82) is 0 Å². The molecule has 20 heavy (non-hydrogen) atoms. The van der Waals surface area contributed by atoms with Crippen molar-refractivity contribution in [2.75, 3.05) is 6.54 Å². The molecule has 1 saturated heterocycles. The molecule has 1 saturated carbocycles. The molecule has 0 amide bonds. The first-order chi connectivity index (χ1) is 9.78. The summed E-state index contributed by atoms with van der Waals surface area (Å²) in [6, 6.07) is 0.732. The van der Waals surface area contributed by atoms with Gasteiger partial charge in [0.05, 0.1) is 11.7 Å². The second kappa shape index (κ2) is 8.38. The maximum Gasteiger partial charge on any atom is 0.0687 e. The van der Waals surface area contributed by atoms with Gasteiger partial charge in [0, 0.05) is 6.04 Å². The summed E-state index contributed by atoms with van der Waals surface area (Å²) < 4.78 is 6.47. The van der Waals surface area contributed by atoms with Crippen LogP contribution < -0.4 is 5.32 Å². The summed E-state index contributed by atoms with van der Waals surface area (Å²) in [4.78, 5) is 0. The molecule has 1 N–H and O–H groups in total. The Kier molecular flexibility index (Phi) is 6.83. The predicted molar refractivity (Wildman–Crippen MR) is 86.1 cm³/mol. The number of hydrogen-bond donors (Lipinski definition) is 1. The lowest BCUT2D eigenvalue weighted by molar-refractivity contribution is -0.0662. The fourth-order valence-electron chi connectivity index (χ4n) is 4.24. The normalized spacial score (nSPS) is 27.0. The van der Waals surface area contributed by atoms with Gasteiger partial charge in [-0.2, -0.15) is 0 Å². The van der Waals surface area contributed by atoms with Crippen LogP contribution in [0.2, 0.25) is 0 Å². The molecule has 118 valence electrons. The highest BCUT2D eigenvalue weighted by Gasteiger charge is 2.40. The molecule has 2 heteroatoms. The van der Waals surface area contributed by atoms with Gasteiger partial charge in [-0.05, 0) is 57.9 Å². The van der Waals surface area contributed by atoms with Gasteiger partial charge in [0.2, 0.25) is 0 Å². The van der Waals surface area contributed by atoms with Crippen LogP contribution >= 0.6 is 0 Å². The number of rotatable bonds is 8. The van der Waals surface area contributed by atoms with Crippen LogP contribution in [0.15, 0.2) is 0 Å².